The number of hydrogen-bond acceptors (Lipinski definition) is 2. The molecule has 0 aromatic heterocycles. The van der Waals surface area contributed by atoms with Crippen LogP contribution in [0.3, 0.4) is 0 Å². The summed E-state index contributed by atoms with van der Waals surface area (Å²) < 4.78 is 0. The Labute approximate surface area is 106 Å². The van der Waals surface area contributed by atoms with Crippen molar-refractivity contribution < 1.29 is 14.7 Å². The second-order valence-corrected chi connectivity index (χ2v) is 4.69. The number of carbonyl (C=O) groups excluding carboxylic acids is 1. The van der Waals surface area contributed by atoms with Gasteiger partial charge in [0.25, 0.3) is 0 Å². The number of hydrogen-bond donors (Lipinski definition) is 1. The molecule has 96 valence electrons. The highest BCUT2D eigenvalue weighted by atomic mass is 16.4. The van der Waals surface area contributed by atoms with E-state index >= 15 is 0 Å². The van der Waals surface area contributed by atoms with Crippen LogP contribution in [-0.4, -0.2) is 28.4 Å². The van der Waals surface area contributed by atoms with Crippen molar-refractivity contribution in [1.82, 2.24) is 4.90 Å². The van der Waals surface area contributed by atoms with Crippen LogP contribution in [0.4, 0.5) is 0 Å². The molecule has 4 nitrogen and oxygen atoms in total. The molecule has 1 aromatic carbocycles. The molecule has 1 fully saturated rings. The maximum absolute atomic E-state index is 11.9. The lowest BCUT2D eigenvalue weighted by atomic mass is 9.93. The highest BCUT2D eigenvalue weighted by Gasteiger charge is 2.43. The molecule has 2 atom stereocenters. The molecule has 0 saturated carbocycles. The SMILES string of the molecule is CCN1C(=O)C[C@@H](C(=O)O)[C@@H]1c1cccc(C)c1. The molecular formula is C14H17NO3. The van der Waals surface area contributed by atoms with Crippen LogP contribution < -0.4 is 0 Å². The average molecular weight is 247 g/mol. The highest BCUT2D eigenvalue weighted by Crippen LogP contribution is 2.38. The summed E-state index contributed by atoms with van der Waals surface area (Å²) in [5, 5.41) is 9.27. The van der Waals surface area contributed by atoms with E-state index in [9.17, 15) is 14.7 Å². The van der Waals surface area contributed by atoms with Crippen LogP contribution in [0.25, 0.3) is 0 Å². The fourth-order valence-corrected chi connectivity index (χ4v) is 2.65. The van der Waals surface area contributed by atoms with Crippen molar-refractivity contribution in [2.75, 3.05) is 6.54 Å². The standard InChI is InChI=1S/C14H17NO3/c1-3-15-12(16)8-11(14(17)18)13(15)10-6-4-5-9(2)7-10/h4-7,11,13H,3,8H2,1-2H3,(H,17,18)/t11-,13+/m1/s1. The van der Waals surface area contributed by atoms with E-state index in [0.717, 1.165) is 11.1 Å². The van der Waals surface area contributed by atoms with Crippen LogP contribution in [0.5, 0.6) is 0 Å². The summed E-state index contributed by atoms with van der Waals surface area (Å²) in [5.74, 6) is -1.61. The van der Waals surface area contributed by atoms with Crippen molar-refractivity contribution in [2.45, 2.75) is 26.3 Å². The van der Waals surface area contributed by atoms with E-state index in [0.29, 0.717) is 6.54 Å². The van der Waals surface area contributed by atoms with Gasteiger partial charge in [0, 0.05) is 13.0 Å². The zero-order valence-electron chi connectivity index (χ0n) is 10.6. The van der Waals surface area contributed by atoms with E-state index in [1.807, 2.05) is 38.1 Å². The molecule has 0 bridgehead atoms. The fourth-order valence-electron chi connectivity index (χ4n) is 2.65. The van der Waals surface area contributed by atoms with E-state index in [2.05, 4.69) is 0 Å². The van der Waals surface area contributed by atoms with Crippen LogP contribution in [0.2, 0.25) is 0 Å². The number of carbonyl (C=O) groups is 2. The summed E-state index contributed by atoms with van der Waals surface area (Å²) in [6, 6.07) is 7.39. The normalized spacial score (nSPS) is 23.4. The van der Waals surface area contributed by atoms with Gasteiger partial charge in [-0.2, -0.15) is 0 Å². The monoisotopic (exact) mass is 247 g/mol. The van der Waals surface area contributed by atoms with Gasteiger partial charge in [0.2, 0.25) is 5.91 Å². The van der Waals surface area contributed by atoms with Gasteiger partial charge in [-0.15, -0.1) is 0 Å². The third-order valence-electron chi connectivity index (χ3n) is 3.47. The Morgan fingerprint density at radius 3 is 2.78 bits per heavy atom. The van der Waals surface area contributed by atoms with Crippen LogP contribution >= 0.6 is 0 Å². The number of carboxylic acids is 1. The Balaban J connectivity index is 2.42. The molecule has 0 radical (unpaired) electrons. The second kappa shape index (κ2) is 4.80. The first kappa shape index (κ1) is 12.6. The summed E-state index contributed by atoms with van der Waals surface area (Å²) in [7, 11) is 0. The van der Waals surface area contributed by atoms with Gasteiger partial charge in [0.05, 0.1) is 12.0 Å². The quantitative estimate of drug-likeness (QED) is 0.888. The molecule has 1 aliphatic heterocycles. The van der Waals surface area contributed by atoms with E-state index < -0.39 is 11.9 Å². The molecule has 18 heavy (non-hydrogen) atoms. The molecule has 1 heterocycles. The largest absolute Gasteiger partial charge is 0.481 e. The molecule has 0 unspecified atom stereocenters. The van der Waals surface area contributed by atoms with E-state index in [1.165, 1.54) is 0 Å². The van der Waals surface area contributed by atoms with E-state index in [4.69, 9.17) is 0 Å². The predicted octanol–water partition coefficient (Wildman–Crippen LogP) is 1.99. The molecule has 1 aliphatic rings. The highest BCUT2D eigenvalue weighted by molar-refractivity contribution is 5.87. The Morgan fingerprint density at radius 1 is 1.50 bits per heavy atom. The van der Waals surface area contributed by atoms with Gasteiger partial charge in [-0.05, 0) is 19.4 Å². The molecular weight excluding hydrogens is 230 g/mol. The van der Waals surface area contributed by atoms with Crippen molar-refractivity contribution in [1.29, 1.82) is 0 Å². The number of benzene rings is 1. The lowest BCUT2D eigenvalue weighted by Gasteiger charge is -2.26. The summed E-state index contributed by atoms with van der Waals surface area (Å²) in [6.45, 7) is 4.39. The number of rotatable bonds is 3. The van der Waals surface area contributed by atoms with Crippen LogP contribution in [0.1, 0.15) is 30.5 Å². The summed E-state index contributed by atoms with van der Waals surface area (Å²) in [5.41, 5.74) is 1.99. The van der Waals surface area contributed by atoms with Gasteiger partial charge in [0.15, 0.2) is 0 Å². The number of aryl methyl sites for hydroxylation is 1. The summed E-state index contributed by atoms with van der Waals surface area (Å²) in [6.07, 6.45) is 0.0990. The zero-order valence-corrected chi connectivity index (χ0v) is 10.6. The topological polar surface area (TPSA) is 57.6 Å². The van der Waals surface area contributed by atoms with Gasteiger partial charge >= 0.3 is 5.97 Å². The van der Waals surface area contributed by atoms with Crippen molar-refractivity contribution in [2.24, 2.45) is 5.92 Å². The minimum Gasteiger partial charge on any atom is -0.481 e. The number of amides is 1. The molecule has 2 rings (SSSR count). The summed E-state index contributed by atoms with van der Waals surface area (Å²) >= 11 is 0. The second-order valence-electron chi connectivity index (χ2n) is 4.69. The molecule has 0 spiro atoms. The van der Waals surface area contributed by atoms with Crippen LogP contribution in [0, 0.1) is 12.8 Å². The predicted molar refractivity (Wildman–Crippen MR) is 67.0 cm³/mol. The number of likely N-dealkylation sites (tertiary alicyclic amines) is 1. The van der Waals surface area contributed by atoms with E-state index in [-0.39, 0.29) is 18.4 Å². The van der Waals surface area contributed by atoms with Gasteiger partial charge in [-0.1, -0.05) is 29.8 Å². The van der Waals surface area contributed by atoms with Crippen LogP contribution in [-0.2, 0) is 9.59 Å². The van der Waals surface area contributed by atoms with Crippen molar-refractivity contribution >= 4 is 11.9 Å². The van der Waals surface area contributed by atoms with E-state index in [1.54, 1.807) is 4.90 Å². The van der Waals surface area contributed by atoms with Crippen molar-refractivity contribution in [3.63, 3.8) is 0 Å². The van der Waals surface area contributed by atoms with Gasteiger partial charge in [0.1, 0.15) is 0 Å². The zero-order chi connectivity index (χ0) is 13.3. The molecule has 1 aromatic rings. The molecule has 4 heteroatoms. The lowest BCUT2D eigenvalue weighted by Crippen LogP contribution is -2.30. The third kappa shape index (κ3) is 2.10. The first-order chi connectivity index (χ1) is 8.54. The number of nitrogens with zero attached hydrogens (tertiary/aromatic N) is 1. The molecule has 0 aliphatic carbocycles. The Hall–Kier alpha value is -1.84. The fraction of sp³-hybridized carbons (Fsp3) is 0.429. The maximum Gasteiger partial charge on any atom is 0.309 e. The molecule has 1 N–H and O–H groups in total. The van der Waals surface area contributed by atoms with Crippen molar-refractivity contribution in [3.05, 3.63) is 35.4 Å². The molecule has 1 saturated heterocycles. The Kier molecular flexibility index (Phi) is 3.36. The summed E-state index contributed by atoms with van der Waals surface area (Å²) in [4.78, 5) is 24.8. The van der Waals surface area contributed by atoms with Gasteiger partial charge in [-0.25, -0.2) is 0 Å². The lowest BCUT2D eigenvalue weighted by molar-refractivity contribution is -0.142. The average Bonchev–Trinajstić information content (AvgIpc) is 2.66. The third-order valence-corrected chi connectivity index (χ3v) is 3.47. The minimum atomic E-state index is -0.897. The first-order valence-electron chi connectivity index (χ1n) is 6.13. The number of carboxylic acid groups (broad SMARTS) is 1. The first-order valence-corrected chi connectivity index (χ1v) is 6.13. The molecule has 1 amide bonds. The smallest absolute Gasteiger partial charge is 0.309 e. The van der Waals surface area contributed by atoms with Gasteiger partial charge in [-0.3, -0.25) is 9.59 Å². The van der Waals surface area contributed by atoms with Crippen molar-refractivity contribution in [3.8, 4) is 0 Å². The Bertz CT molecular complexity index is 484. The minimum absolute atomic E-state index is 0.0728. The number of aliphatic carboxylic acids is 1. The Morgan fingerprint density at radius 2 is 2.22 bits per heavy atom. The van der Waals surface area contributed by atoms with Crippen LogP contribution in [0.15, 0.2) is 24.3 Å². The maximum atomic E-state index is 11.9. The van der Waals surface area contributed by atoms with Gasteiger partial charge < -0.3 is 10.0 Å².